The van der Waals surface area contributed by atoms with Crippen LogP contribution >= 0.6 is 23.2 Å². The van der Waals surface area contributed by atoms with Gasteiger partial charge in [-0.2, -0.15) is 0 Å². The maximum absolute atomic E-state index is 13.3. The number of hydrogen-bond acceptors (Lipinski definition) is 2. The first kappa shape index (κ1) is 14.0. The van der Waals surface area contributed by atoms with E-state index >= 15 is 0 Å². The average molecular weight is 300 g/mol. The summed E-state index contributed by atoms with van der Waals surface area (Å²) in [4.78, 5) is 0. The minimum absolute atomic E-state index is 0.119. The molecule has 2 rings (SSSR count). The predicted octanol–water partition coefficient (Wildman–Crippen LogP) is 4.75. The van der Waals surface area contributed by atoms with Crippen molar-refractivity contribution in [2.24, 2.45) is 0 Å². The van der Waals surface area contributed by atoms with E-state index in [-0.39, 0.29) is 5.02 Å². The third kappa shape index (κ3) is 3.31. The Hall–Kier alpha value is -1.45. The molecule has 100 valence electrons. The molecular weight excluding hydrogens is 288 g/mol. The molecular formula is C14H12Cl2FNO. The van der Waals surface area contributed by atoms with Gasteiger partial charge in [-0.1, -0.05) is 35.3 Å². The van der Waals surface area contributed by atoms with Gasteiger partial charge in [-0.05, 0) is 23.8 Å². The Morgan fingerprint density at radius 2 is 2.00 bits per heavy atom. The molecule has 0 spiro atoms. The standard InChI is InChI=1S/C14H12Cl2FNO/c1-19-10-5-6-11(15)13(7-10)18-8-9-3-2-4-12(17)14(9)16/h2-7,18H,8H2,1H3. The summed E-state index contributed by atoms with van der Waals surface area (Å²) in [5.74, 6) is 0.259. The zero-order chi connectivity index (χ0) is 13.8. The highest BCUT2D eigenvalue weighted by Crippen LogP contribution is 2.28. The highest BCUT2D eigenvalue weighted by molar-refractivity contribution is 6.33. The lowest BCUT2D eigenvalue weighted by Crippen LogP contribution is -2.01. The molecule has 0 aliphatic heterocycles. The second kappa shape index (κ2) is 6.13. The zero-order valence-electron chi connectivity index (χ0n) is 10.2. The van der Waals surface area contributed by atoms with Crippen LogP contribution in [0, 0.1) is 5.82 Å². The van der Waals surface area contributed by atoms with Gasteiger partial charge in [-0.15, -0.1) is 0 Å². The first-order chi connectivity index (χ1) is 9.11. The quantitative estimate of drug-likeness (QED) is 0.879. The summed E-state index contributed by atoms with van der Waals surface area (Å²) >= 11 is 12.0. The molecule has 5 heteroatoms. The van der Waals surface area contributed by atoms with Gasteiger partial charge in [-0.3, -0.25) is 0 Å². The van der Waals surface area contributed by atoms with Gasteiger partial charge in [0, 0.05) is 12.6 Å². The van der Waals surface area contributed by atoms with Crippen LogP contribution in [-0.2, 0) is 6.54 Å². The molecule has 0 aliphatic carbocycles. The molecule has 0 unspecified atom stereocenters. The molecule has 2 aromatic carbocycles. The Bertz CT molecular complexity index is 590. The molecule has 0 aromatic heterocycles. The molecule has 0 atom stereocenters. The Labute approximate surface area is 121 Å². The third-order valence-electron chi connectivity index (χ3n) is 2.67. The molecule has 0 amide bonds. The lowest BCUT2D eigenvalue weighted by atomic mass is 10.2. The maximum Gasteiger partial charge on any atom is 0.142 e. The van der Waals surface area contributed by atoms with Crippen LogP contribution in [0.3, 0.4) is 0 Å². The molecule has 0 heterocycles. The molecule has 2 aromatic rings. The molecule has 0 fully saturated rings. The van der Waals surface area contributed by atoms with Gasteiger partial charge in [0.15, 0.2) is 0 Å². The molecule has 0 aliphatic rings. The van der Waals surface area contributed by atoms with E-state index in [0.717, 1.165) is 0 Å². The largest absolute Gasteiger partial charge is 0.497 e. The molecule has 0 saturated heterocycles. The zero-order valence-corrected chi connectivity index (χ0v) is 11.7. The van der Waals surface area contributed by atoms with Crippen LogP contribution in [0.4, 0.5) is 10.1 Å². The van der Waals surface area contributed by atoms with Crippen LogP contribution in [0.25, 0.3) is 0 Å². The molecule has 1 N–H and O–H groups in total. The van der Waals surface area contributed by atoms with Crippen molar-refractivity contribution < 1.29 is 9.13 Å². The second-order valence-corrected chi connectivity index (χ2v) is 4.70. The Morgan fingerprint density at radius 1 is 1.21 bits per heavy atom. The van der Waals surface area contributed by atoms with Crippen LogP contribution in [0.15, 0.2) is 36.4 Å². The number of anilines is 1. The van der Waals surface area contributed by atoms with Gasteiger partial charge in [-0.25, -0.2) is 4.39 Å². The Balaban J connectivity index is 2.16. The number of benzene rings is 2. The van der Waals surface area contributed by atoms with Crippen molar-refractivity contribution >= 4 is 28.9 Å². The molecule has 0 saturated carbocycles. The summed E-state index contributed by atoms with van der Waals surface area (Å²) in [6.07, 6.45) is 0. The maximum atomic E-state index is 13.3. The van der Waals surface area contributed by atoms with E-state index < -0.39 is 5.82 Å². The smallest absolute Gasteiger partial charge is 0.142 e. The number of nitrogens with one attached hydrogen (secondary N) is 1. The van der Waals surface area contributed by atoms with Crippen molar-refractivity contribution in [1.82, 2.24) is 0 Å². The summed E-state index contributed by atoms with van der Waals surface area (Å²) in [7, 11) is 1.58. The number of methoxy groups -OCH3 is 1. The normalized spacial score (nSPS) is 10.3. The minimum Gasteiger partial charge on any atom is -0.497 e. The van der Waals surface area contributed by atoms with E-state index in [1.165, 1.54) is 6.07 Å². The highest BCUT2D eigenvalue weighted by atomic mass is 35.5. The van der Waals surface area contributed by atoms with Gasteiger partial charge in [0.1, 0.15) is 11.6 Å². The minimum atomic E-state index is -0.433. The van der Waals surface area contributed by atoms with Crippen molar-refractivity contribution in [3.8, 4) is 5.75 Å². The fraction of sp³-hybridized carbons (Fsp3) is 0.143. The van der Waals surface area contributed by atoms with Gasteiger partial charge >= 0.3 is 0 Å². The fourth-order valence-electron chi connectivity index (χ4n) is 1.64. The van der Waals surface area contributed by atoms with E-state index in [1.807, 2.05) is 0 Å². The molecule has 0 radical (unpaired) electrons. The van der Waals surface area contributed by atoms with Gasteiger partial charge in [0.2, 0.25) is 0 Å². The van der Waals surface area contributed by atoms with Crippen molar-refractivity contribution in [3.05, 3.63) is 57.8 Å². The number of ether oxygens (including phenoxy) is 1. The van der Waals surface area contributed by atoms with Gasteiger partial charge < -0.3 is 10.1 Å². The van der Waals surface area contributed by atoms with E-state index in [9.17, 15) is 4.39 Å². The lowest BCUT2D eigenvalue weighted by Gasteiger charge is -2.11. The van der Waals surface area contributed by atoms with E-state index in [4.69, 9.17) is 27.9 Å². The van der Waals surface area contributed by atoms with Crippen LogP contribution in [0.1, 0.15) is 5.56 Å². The van der Waals surface area contributed by atoms with Crippen molar-refractivity contribution in [2.45, 2.75) is 6.54 Å². The summed E-state index contributed by atoms with van der Waals surface area (Å²) in [5.41, 5.74) is 1.38. The summed E-state index contributed by atoms with van der Waals surface area (Å²) in [6, 6.07) is 9.97. The summed E-state index contributed by atoms with van der Waals surface area (Å²) < 4.78 is 18.4. The number of halogens is 3. The van der Waals surface area contributed by atoms with Crippen LogP contribution in [0.2, 0.25) is 10.0 Å². The molecule has 19 heavy (non-hydrogen) atoms. The average Bonchev–Trinajstić information content (AvgIpc) is 2.42. The highest BCUT2D eigenvalue weighted by Gasteiger charge is 2.07. The first-order valence-electron chi connectivity index (χ1n) is 5.62. The van der Waals surface area contributed by atoms with E-state index in [0.29, 0.717) is 28.6 Å². The number of rotatable bonds is 4. The van der Waals surface area contributed by atoms with Crippen molar-refractivity contribution in [1.29, 1.82) is 0 Å². The van der Waals surface area contributed by atoms with Gasteiger partial charge in [0.05, 0.1) is 22.8 Å². The van der Waals surface area contributed by atoms with Crippen molar-refractivity contribution in [2.75, 3.05) is 12.4 Å². The molecule has 0 bridgehead atoms. The third-order valence-corrected chi connectivity index (χ3v) is 3.43. The van der Waals surface area contributed by atoms with Crippen LogP contribution < -0.4 is 10.1 Å². The second-order valence-electron chi connectivity index (χ2n) is 3.91. The first-order valence-corrected chi connectivity index (χ1v) is 6.37. The SMILES string of the molecule is COc1ccc(Cl)c(NCc2cccc(F)c2Cl)c1. The van der Waals surface area contributed by atoms with Crippen LogP contribution in [-0.4, -0.2) is 7.11 Å². The monoisotopic (exact) mass is 299 g/mol. The summed E-state index contributed by atoms with van der Waals surface area (Å²) in [6.45, 7) is 0.378. The fourth-order valence-corrected chi connectivity index (χ4v) is 2.02. The van der Waals surface area contributed by atoms with E-state index in [1.54, 1.807) is 37.4 Å². The Kier molecular flexibility index (Phi) is 4.51. The lowest BCUT2D eigenvalue weighted by molar-refractivity contribution is 0.415. The predicted molar refractivity (Wildman–Crippen MR) is 76.7 cm³/mol. The Morgan fingerprint density at radius 3 is 2.74 bits per heavy atom. The summed E-state index contributed by atoms with van der Waals surface area (Å²) in [5, 5.41) is 3.79. The van der Waals surface area contributed by atoms with Crippen molar-refractivity contribution in [3.63, 3.8) is 0 Å². The van der Waals surface area contributed by atoms with E-state index in [2.05, 4.69) is 5.32 Å². The molecule has 2 nitrogen and oxygen atoms in total. The van der Waals surface area contributed by atoms with Crippen LogP contribution in [0.5, 0.6) is 5.75 Å². The number of hydrogen-bond donors (Lipinski definition) is 1. The topological polar surface area (TPSA) is 21.3 Å². The van der Waals surface area contributed by atoms with Gasteiger partial charge in [0.25, 0.3) is 0 Å².